The number of hydrogen-bond donors (Lipinski definition) is 1. The van der Waals surface area contributed by atoms with Gasteiger partial charge in [0.25, 0.3) is 5.91 Å². The second kappa shape index (κ2) is 7.53. The molecule has 1 aliphatic rings. The van der Waals surface area contributed by atoms with Crippen molar-refractivity contribution >= 4 is 5.91 Å². The van der Waals surface area contributed by atoms with Crippen molar-refractivity contribution in [1.82, 2.24) is 15.1 Å². The van der Waals surface area contributed by atoms with Gasteiger partial charge in [0.1, 0.15) is 6.10 Å². The van der Waals surface area contributed by atoms with E-state index in [9.17, 15) is 4.79 Å². The monoisotopic (exact) mass is 363 g/mol. The summed E-state index contributed by atoms with van der Waals surface area (Å²) in [6.45, 7) is 2.92. The number of para-hydroxylation sites is 2. The topological polar surface area (TPSA) is 65.4 Å². The first kappa shape index (κ1) is 17.1. The molecule has 6 nitrogen and oxygen atoms in total. The Kier molecular flexibility index (Phi) is 4.78. The van der Waals surface area contributed by atoms with E-state index in [1.165, 1.54) is 0 Å². The standard InChI is InChI=1S/C21H21N3O3/c1-15-20(27-19-10-5-4-9-18(19)26-15)21(25)22-13-16-7-2-3-8-17(16)14-24-12-6-11-23-24/h2-12,15,20H,13-14H2,1H3,(H,22,25)/t15-,20-/m0/s1. The number of ether oxygens (including phenoxy) is 2. The summed E-state index contributed by atoms with van der Waals surface area (Å²) in [4.78, 5) is 12.7. The molecule has 0 unspecified atom stereocenters. The van der Waals surface area contributed by atoms with Crippen molar-refractivity contribution in [3.63, 3.8) is 0 Å². The zero-order chi connectivity index (χ0) is 18.6. The molecule has 1 N–H and O–H groups in total. The van der Waals surface area contributed by atoms with E-state index in [0.717, 1.165) is 11.1 Å². The normalized spacial score (nSPS) is 18.1. The van der Waals surface area contributed by atoms with Crippen LogP contribution in [-0.2, 0) is 17.9 Å². The number of carbonyl (C=O) groups excluding carboxylic acids is 1. The van der Waals surface area contributed by atoms with Crippen LogP contribution in [0.1, 0.15) is 18.1 Å². The van der Waals surface area contributed by atoms with Crippen molar-refractivity contribution in [2.45, 2.75) is 32.2 Å². The van der Waals surface area contributed by atoms with Crippen LogP contribution in [0.15, 0.2) is 67.0 Å². The lowest BCUT2D eigenvalue weighted by Crippen LogP contribution is -2.48. The molecule has 1 amide bonds. The minimum Gasteiger partial charge on any atom is -0.482 e. The Bertz CT molecular complexity index is 924. The lowest BCUT2D eigenvalue weighted by atomic mass is 10.1. The molecule has 3 aromatic rings. The van der Waals surface area contributed by atoms with Gasteiger partial charge in [0, 0.05) is 18.9 Å². The van der Waals surface area contributed by atoms with Crippen molar-refractivity contribution in [2.24, 2.45) is 0 Å². The molecule has 138 valence electrons. The summed E-state index contributed by atoms with van der Waals surface area (Å²) in [5, 5.41) is 7.22. The van der Waals surface area contributed by atoms with Gasteiger partial charge in [-0.25, -0.2) is 0 Å². The molecule has 2 atom stereocenters. The van der Waals surface area contributed by atoms with Crippen molar-refractivity contribution in [3.8, 4) is 11.5 Å². The third kappa shape index (κ3) is 3.79. The smallest absolute Gasteiger partial charge is 0.265 e. The van der Waals surface area contributed by atoms with E-state index in [2.05, 4.69) is 10.4 Å². The number of carbonyl (C=O) groups is 1. The highest BCUT2D eigenvalue weighted by Crippen LogP contribution is 2.33. The molecule has 27 heavy (non-hydrogen) atoms. The van der Waals surface area contributed by atoms with Gasteiger partial charge in [-0.2, -0.15) is 5.10 Å². The molecule has 0 fully saturated rings. The number of fused-ring (bicyclic) bond motifs is 1. The SMILES string of the molecule is C[C@@H]1Oc2ccccc2O[C@@H]1C(=O)NCc1ccccc1Cn1cccn1. The molecule has 1 aliphatic heterocycles. The van der Waals surface area contributed by atoms with E-state index in [4.69, 9.17) is 9.47 Å². The largest absolute Gasteiger partial charge is 0.482 e. The lowest BCUT2D eigenvalue weighted by molar-refractivity contribution is -0.133. The fourth-order valence-corrected chi connectivity index (χ4v) is 3.14. The molecular formula is C21H21N3O3. The van der Waals surface area contributed by atoms with E-state index in [-0.39, 0.29) is 12.0 Å². The Balaban J connectivity index is 1.43. The van der Waals surface area contributed by atoms with Gasteiger partial charge in [-0.3, -0.25) is 9.48 Å². The van der Waals surface area contributed by atoms with Gasteiger partial charge in [-0.05, 0) is 36.2 Å². The maximum absolute atomic E-state index is 12.7. The summed E-state index contributed by atoms with van der Waals surface area (Å²) in [7, 11) is 0. The van der Waals surface area contributed by atoms with Gasteiger partial charge in [0.05, 0.1) is 6.54 Å². The highest BCUT2D eigenvalue weighted by atomic mass is 16.6. The number of rotatable bonds is 5. The maximum Gasteiger partial charge on any atom is 0.265 e. The van der Waals surface area contributed by atoms with Crippen molar-refractivity contribution in [2.75, 3.05) is 0 Å². The lowest BCUT2D eigenvalue weighted by Gasteiger charge is -2.31. The predicted molar refractivity (Wildman–Crippen MR) is 101 cm³/mol. The van der Waals surface area contributed by atoms with Crippen LogP contribution in [0.3, 0.4) is 0 Å². The average molecular weight is 363 g/mol. The molecule has 6 heteroatoms. The molecule has 1 aromatic heterocycles. The molecule has 2 heterocycles. The Morgan fingerprint density at radius 3 is 2.48 bits per heavy atom. The van der Waals surface area contributed by atoms with Crippen LogP contribution in [-0.4, -0.2) is 27.9 Å². The highest BCUT2D eigenvalue weighted by molar-refractivity contribution is 5.82. The first-order valence-corrected chi connectivity index (χ1v) is 8.95. The third-order valence-corrected chi connectivity index (χ3v) is 4.56. The van der Waals surface area contributed by atoms with Crippen LogP contribution < -0.4 is 14.8 Å². The summed E-state index contributed by atoms with van der Waals surface area (Å²) in [6.07, 6.45) is 2.63. The summed E-state index contributed by atoms with van der Waals surface area (Å²) in [5.74, 6) is 1.07. The first-order valence-electron chi connectivity index (χ1n) is 8.95. The Morgan fingerprint density at radius 2 is 1.74 bits per heavy atom. The highest BCUT2D eigenvalue weighted by Gasteiger charge is 2.33. The van der Waals surface area contributed by atoms with E-state index in [1.807, 2.05) is 66.3 Å². The van der Waals surface area contributed by atoms with E-state index in [1.54, 1.807) is 12.3 Å². The number of nitrogens with one attached hydrogen (secondary N) is 1. The Labute approximate surface area is 157 Å². The second-order valence-corrected chi connectivity index (χ2v) is 6.50. The van der Waals surface area contributed by atoms with Gasteiger partial charge < -0.3 is 14.8 Å². The zero-order valence-electron chi connectivity index (χ0n) is 15.0. The summed E-state index contributed by atoms with van der Waals surface area (Å²) in [5.41, 5.74) is 2.16. The Hall–Kier alpha value is -3.28. The maximum atomic E-state index is 12.7. The molecule has 0 aliphatic carbocycles. The third-order valence-electron chi connectivity index (χ3n) is 4.56. The van der Waals surface area contributed by atoms with Gasteiger partial charge in [-0.1, -0.05) is 36.4 Å². The van der Waals surface area contributed by atoms with E-state index < -0.39 is 6.10 Å². The molecular weight excluding hydrogens is 342 g/mol. The number of hydrogen-bond acceptors (Lipinski definition) is 4. The predicted octanol–water partition coefficient (Wildman–Crippen LogP) is 2.78. The number of amides is 1. The van der Waals surface area contributed by atoms with Crippen LogP contribution in [0.25, 0.3) is 0 Å². The molecule has 0 saturated carbocycles. The molecule has 0 saturated heterocycles. The number of aromatic nitrogens is 2. The quantitative estimate of drug-likeness (QED) is 0.757. The summed E-state index contributed by atoms with van der Waals surface area (Å²) >= 11 is 0. The number of benzene rings is 2. The minimum absolute atomic E-state index is 0.189. The molecule has 0 spiro atoms. The van der Waals surface area contributed by atoms with Crippen LogP contribution in [0.5, 0.6) is 11.5 Å². The van der Waals surface area contributed by atoms with E-state index >= 15 is 0 Å². The fourth-order valence-electron chi connectivity index (χ4n) is 3.14. The molecule has 0 bridgehead atoms. The Morgan fingerprint density at radius 1 is 1.04 bits per heavy atom. The van der Waals surface area contributed by atoms with Gasteiger partial charge >= 0.3 is 0 Å². The van der Waals surface area contributed by atoms with Crippen molar-refractivity contribution in [1.29, 1.82) is 0 Å². The average Bonchev–Trinajstić information content (AvgIpc) is 3.19. The first-order chi connectivity index (χ1) is 13.2. The van der Waals surface area contributed by atoms with Crippen molar-refractivity contribution in [3.05, 3.63) is 78.1 Å². The minimum atomic E-state index is -0.682. The van der Waals surface area contributed by atoms with Gasteiger partial charge in [0.2, 0.25) is 6.10 Å². The summed E-state index contributed by atoms with van der Waals surface area (Å²) < 4.78 is 13.5. The second-order valence-electron chi connectivity index (χ2n) is 6.50. The van der Waals surface area contributed by atoms with Gasteiger partial charge in [-0.15, -0.1) is 0 Å². The molecule has 4 rings (SSSR count). The fraction of sp³-hybridized carbons (Fsp3) is 0.238. The number of nitrogens with zero attached hydrogens (tertiary/aromatic N) is 2. The van der Waals surface area contributed by atoms with Crippen LogP contribution in [0.2, 0.25) is 0 Å². The summed E-state index contributed by atoms with van der Waals surface area (Å²) in [6, 6.07) is 17.3. The van der Waals surface area contributed by atoms with Crippen LogP contribution in [0.4, 0.5) is 0 Å². The van der Waals surface area contributed by atoms with Crippen molar-refractivity contribution < 1.29 is 14.3 Å². The van der Waals surface area contributed by atoms with Crippen LogP contribution >= 0.6 is 0 Å². The molecule has 2 aromatic carbocycles. The van der Waals surface area contributed by atoms with Gasteiger partial charge in [0.15, 0.2) is 11.5 Å². The zero-order valence-corrected chi connectivity index (χ0v) is 15.0. The van der Waals surface area contributed by atoms with E-state index in [0.29, 0.717) is 24.6 Å². The molecule has 0 radical (unpaired) electrons. The van der Waals surface area contributed by atoms with Crippen LogP contribution in [0, 0.1) is 0 Å².